The first-order valence-electron chi connectivity index (χ1n) is 8.17. The molecular formula is C19H15N3O5S. The molecule has 1 aliphatic rings. The van der Waals surface area contributed by atoms with E-state index in [1.54, 1.807) is 42.5 Å². The summed E-state index contributed by atoms with van der Waals surface area (Å²) in [5.41, 5.74) is 1.64. The maximum atomic E-state index is 11.9. The molecule has 2 aromatic carbocycles. The van der Waals surface area contributed by atoms with E-state index in [0.29, 0.717) is 10.7 Å². The van der Waals surface area contributed by atoms with Crippen LogP contribution in [0.4, 0.5) is 5.69 Å². The molecule has 1 N–H and O–H groups in total. The van der Waals surface area contributed by atoms with Crippen LogP contribution in [-0.2, 0) is 16.2 Å². The Morgan fingerprint density at radius 1 is 1.21 bits per heavy atom. The summed E-state index contributed by atoms with van der Waals surface area (Å²) in [6, 6.07) is 13.3. The summed E-state index contributed by atoms with van der Waals surface area (Å²) in [5, 5.41) is 13.4. The van der Waals surface area contributed by atoms with Gasteiger partial charge in [-0.3, -0.25) is 19.7 Å². The maximum Gasteiger partial charge on any atom is 0.286 e. The summed E-state index contributed by atoms with van der Waals surface area (Å²) in [5.74, 6) is -0.0526. The second kappa shape index (κ2) is 8.49. The third-order valence-electron chi connectivity index (χ3n) is 3.63. The van der Waals surface area contributed by atoms with Gasteiger partial charge in [-0.15, -0.1) is 0 Å². The fourth-order valence-electron chi connectivity index (χ4n) is 2.31. The van der Waals surface area contributed by atoms with Crippen LogP contribution in [0.2, 0.25) is 0 Å². The van der Waals surface area contributed by atoms with Crippen molar-refractivity contribution >= 4 is 40.5 Å². The molecule has 0 radical (unpaired) electrons. The van der Waals surface area contributed by atoms with Gasteiger partial charge in [0.25, 0.3) is 11.6 Å². The first kappa shape index (κ1) is 19.3. The quantitative estimate of drug-likeness (QED) is 0.471. The van der Waals surface area contributed by atoms with Crippen molar-refractivity contribution in [2.45, 2.75) is 13.5 Å². The molecule has 142 valence electrons. The van der Waals surface area contributed by atoms with Crippen LogP contribution in [0.1, 0.15) is 18.1 Å². The number of thioether (sulfide) groups is 1. The van der Waals surface area contributed by atoms with Gasteiger partial charge in [-0.1, -0.05) is 12.1 Å². The first-order valence-corrected chi connectivity index (χ1v) is 8.99. The number of aliphatic imine (C=N–C) groups is 1. The minimum Gasteiger partial charge on any atom is -0.489 e. The third-order valence-corrected chi connectivity index (χ3v) is 4.53. The molecule has 0 atom stereocenters. The van der Waals surface area contributed by atoms with E-state index in [1.807, 2.05) is 0 Å². The number of hydrogen-bond donors (Lipinski definition) is 1. The summed E-state index contributed by atoms with van der Waals surface area (Å²) in [6.07, 6.45) is 1.69. The van der Waals surface area contributed by atoms with Crippen LogP contribution in [0, 0.1) is 10.1 Å². The van der Waals surface area contributed by atoms with Gasteiger partial charge in [0, 0.05) is 19.1 Å². The number of nitrogens with one attached hydrogen (secondary N) is 1. The fraction of sp³-hybridized carbons (Fsp3) is 0.105. The lowest BCUT2D eigenvalue weighted by atomic mass is 10.2. The predicted octanol–water partition coefficient (Wildman–Crippen LogP) is 3.28. The largest absolute Gasteiger partial charge is 0.489 e. The molecule has 0 spiro atoms. The van der Waals surface area contributed by atoms with Crippen LogP contribution in [0.15, 0.2) is 58.4 Å². The van der Waals surface area contributed by atoms with Gasteiger partial charge < -0.3 is 10.1 Å². The average Bonchev–Trinajstić information content (AvgIpc) is 2.99. The maximum absolute atomic E-state index is 11.9. The lowest BCUT2D eigenvalue weighted by Gasteiger charge is -2.06. The Bertz CT molecular complexity index is 982. The van der Waals surface area contributed by atoms with Crippen LogP contribution < -0.4 is 10.1 Å². The van der Waals surface area contributed by atoms with E-state index in [9.17, 15) is 19.7 Å². The lowest BCUT2D eigenvalue weighted by molar-refractivity contribution is -0.384. The molecular weight excluding hydrogens is 382 g/mol. The molecule has 0 aromatic heterocycles. The number of benzene rings is 2. The normalized spacial score (nSPS) is 14.7. The number of nitrogens with zero attached hydrogens (tertiary/aromatic N) is 2. The topological polar surface area (TPSA) is 111 Å². The van der Waals surface area contributed by atoms with Gasteiger partial charge >= 0.3 is 0 Å². The van der Waals surface area contributed by atoms with Crippen LogP contribution in [0.5, 0.6) is 5.75 Å². The minimum absolute atomic E-state index is 0.0334. The smallest absolute Gasteiger partial charge is 0.286 e. The Hall–Kier alpha value is -3.46. The highest BCUT2D eigenvalue weighted by molar-refractivity contribution is 8.18. The number of carbonyl (C=O) groups is 2. The van der Waals surface area contributed by atoms with Gasteiger partial charge in [0.2, 0.25) is 5.91 Å². The molecule has 9 heteroatoms. The molecule has 0 bridgehead atoms. The van der Waals surface area contributed by atoms with Crippen molar-refractivity contribution in [1.82, 2.24) is 5.32 Å². The lowest BCUT2D eigenvalue weighted by Crippen LogP contribution is -2.23. The van der Waals surface area contributed by atoms with Gasteiger partial charge in [-0.2, -0.15) is 4.99 Å². The number of hydrogen-bond acceptors (Lipinski definition) is 6. The van der Waals surface area contributed by atoms with E-state index in [1.165, 1.54) is 19.1 Å². The number of amides is 2. The first-order chi connectivity index (χ1) is 13.4. The van der Waals surface area contributed by atoms with Gasteiger partial charge in [0.05, 0.1) is 9.83 Å². The van der Waals surface area contributed by atoms with Crippen molar-refractivity contribution in [2.75, 3.05) is 0 Å². The van der Waals surface area contributed by atoms with Gasteiger partial charge in [0.1, 0.15) is 12.4 Å². The van der Waals surface area contributed by atoms with Crippen molar-refractivity contribution < 1.29 is 19.2 Å². The summed E-state index contributed by atoms with van der Waals surface area (Å²) < 4.78 is 5.67. The second-order valence-corrected chi connectivity index (χ2v) is 6.83. The SMILES string of the molecule is CC(=O)NC1=NC(=O)C(=Cc2ccc(OCc3ccc([N+](=O)[O-])cc3)cc2)S1. The van der Waals surface area contributed by atoms with Crippen molar-refractivity contribution in [3.8, 4) is 5.75 Å². The Balaban J connectivity index is 1.59. The molecule has 8 nitrogen and oxygen atoms in total. The highest BCUT2D eigenvalue weighted by Crippen LogP contribution is 2.28. The van der Waals surface area contributed by atoms with Crippen LogP contribution in [0.3, 0.4) is 0 Å². The number of nitro groups is 1. The average molecular weight is 397 g/mol. The molecule has 0 saturated heterocycles. The number of carbonyl (C=O) groups excluding carboxylic acids is 2. The van der Waals surface area contributed by atoms with Gasteiger partial charge in [0.15, 0.2) is 5.17 Å². The van der Waals surface area contributed by atoms with Crippen molar-refractivity contribution in [3.63, 3.8) is 0 Å². The van der Waals surface area contributed by atoms with Crippen molar-refractivity contribution in [2.24, 2.45) is 4.99 Å². The Kier molecular flexibility index (Phi) is 5.85. The third kappa shape index (κ3) is 5.04. The standard InChI is InChI=1S/C19H15N3O5S/c1-12(23)20-19-21-18(24)17(28-19)10-13-4-8-16(9-5-13)27-11-14-2-6-15(7-3-14)22(25)26/h2-10H,11H2,1H3,(H,20,21,23,24). The monoisotopic (exact) mass is 397 g/mol. The zero-order valence-electron chi connectivity index (χ0n) is 14.7. The van der Waals surface area contributed by atoms with E-state index in [4.69, 9.17) is 4.74 Å². The number of nitro benzene ring substituents is 1. The molecule has 2 aromatic rings. The van der Waals surface area contributed by atoms with E-state index < -0.39 is 10.8 Å². The zero-order chi connectivity index (χ0) is 20.1. The van der Waals surface area contributed by atoms with E-state index >= 15 is 0 Å². The van der Waals surface area contributed by atoms with E-state index in [2.05, 4.69) is 10.3 Å². The fourth-order valence-corrected chi connectivity index (χ4v) is 3.16. The highest BCUT2D eigenvalue weighted by Gasteiger charge is 2.22. The number of amidine groups is 1. The molecule has 3 rings (SSSR count). The Labute approximate surface area is 164 Å². The van der Waals surface area contributed by atoms with Crippen molar-refractivity contribution in [3.05, 3.63) is 74.7 Å². The summed E-state index contributed by atoms with van der Waals surface area (Å²) in [7, 11) is 0. The Morgan fingerprint density at radius 2 is 1.89 bits per heavy atom. The molecule has 28 heavy (non-hydrogen) atoms. The summed E-state index contributed by atoms with van der Waals surface area (Å²) in [4.78, 5) is 37.3. The molecule has 0 unspecified atom stereocenters. The predicted molar refractivity (Wildman–Crippen MR) is 106 cm³/mol. The molecule has 0 aliphatic carbocycles. The zero-order valence-corrected chi connectivity index (χ0v) is 15.6. The highest BCUT2D eigenvalue weighted by atomic mass is 32.2. The molecule has 1 heterocycles. The van der Waals surface area contributed by atoms with Gasteiger partial charge in [-0.05, 0) is 53.2 Å². The van der Waals surface area contributed by atoms with E-state index in [-0.39, 0.29) is 23.4 Å². The van der Waals surface area contributed by atoms with Crippen molar-refractivity contribution in [1.29, 1.82) is 0 Å². The van der Waals surface area contributed by atoms with Gasteiger partial charge in [-0.25, -0.2) is 0 Å². The van der Waals surface area contributed by atoms with E-state index in [0.717, 1.165) is 22.9 Å². The Morgan fingerprint density at radius 3 is 2.50 bits per heavy atom. The molecule has 2 amide bonds. The number of non-ortho nitro benzene ring substituents is 1. The summed E-state index contributed by atoms with van der Waals surface area (Å²) >= 11 is 1.11. The number of rotatable bonds is 5. The second-order valence-electron chi connectivity index (χ2n) is 5.80. The van der Waals surface area contributed by atoms with Crippen LogP contribution in [-0.4, -0.2) is 21.9 Å². The molecule has 0 fully saturated rings. The molecule has 1 aliphatic heterocycles. The minimum atomic E-state index is -0.449. The van der Waals surface area contributed by atoms with Crippen LogP contribution >= 0.6 is 11.8 Å². The summed E-state index contributed by atoms with van der Waals surface area (Å²) in [6.45, 7) is 1.63. The number of ether oxygens (including phenoxy) is 1. The van der Waals surface area contributed by atoms with Crippen LogP contribution in [0.25, 0.3) is 6.08 Å². The molecule has 0 saturated carbocycles.